The Kier molecular flexibility index (Phi) is 3.92. The smallest absolute Gasteiger partial charge is 0.322 e. The molecule has 1 atom stereocenters. The van der Waals surface area contributed by atoms with Gasteiger partial charge in [0.2, 0.25) is 0 Å². The van der Waals surface area contributed by atoms with E-state index < -0.39 is 23.3 Å². The Labute approximate surface area is 170 Å². The maximum atomic E-state index is 13.6. The van der Waals surface area contributed by atoms with Gasteiger partial charge in [-0.05, 0) is 23.3 Å². The van der Waals surface area contributed by atoms with Crippen molar-refractivity contribution in [3.63, 3.8) is 0 Å². The third-order valence-electron chi connectivity index (χ3n) is 5.47. The van der Waals surface area contributed by atoms with Gasteiger partial charge in [0.1, 0.15) is 11.6 Å². The summed E-state index contributed by atoms with van der Waals surface area (Å²) >= 11 is 0. The highest BCUT2D eigenvalue weighted by Gasteiger charge is 2.50. The maximum Gasteiger partial charge on any atom is 0.322 e. The molecule has 0 aliphatic carbocycles. The number of hydrogen-bond donors (Lipinski definition) is 3. The van der Waals surface area contributed by atoms with Crippen LogP contribution in [0.25, 0.3) is 11.4 Å². The van der Waals surface area contributed by atoms with Crippen molar-refractivity contribution >= 4 is 17.8 Å². The van der Waals surface area contributed by atoms with Gasteiger partial charge in [0.05, 0.1) is 6.54 Å². The van der Waals surface area contributed by atoms with E-state index in [2.05, 4.69) is 20.6 Å². The number of nitrogens with zero attached hydrogens (tertiary/aromatic N) is 2. The molecule has 1 saturated heterocycles. The molecular formula is C21H16FN5O3. The third-order valence-corrected chi connectivity index (χ3v) is 5.47. The number of aromatic nitrogens is 2. The van der Waals surface area contributed by atoms with Gasteiger partial charge in [0.25, 0.3) is 11.8 Å². The van der Waals surface area contributed by atoms with Crippen LogP contribution in [0.1, 0.15) is 21.5 Å². The number of imide groups is 1. The van der Waals surface area contributed by atoms with Crippen LogP contribution in [0, 0.1) is 5.82 Å². The Bertz CT molecular complexity index is 1180. The van der Waals surface area contributed by atoms with Crippen LogP contribution in [-0.2, 0) is 16.9 Å². The van der Waals surface area contributed by atoms with Gasteiger partial charge in [0.15, 0.2) is 5.54 Å². The van der Waals surface area contributed by atoms with Gasteiger partial charge in [-0.15, -0.1) is 0 Å². The van der Waals surface area contributed by atoms with Crippen LogP contribution in [0.2, 0.25) is 0 Å². The number of H-pyrrole nitrogens is 1. The number of benzene rings is 2. The van der Waals surface area contributed by atoms with E-state index >= 15 is 0 Å². The summed E-state index contributed by atoms with van der Waals surface area (Å²) in [6.45, 7) is 0.142. The van der Waals surface area contributed by atoms with Gasteiger partial charge in [-0.1, -0.05) is 30.3 Å². The monoisotopic (exact) mass is 405 g/mol. The van der Waals surface area contributed by atoms with Gasteiger partial charge in [-0.25, -0.2) is 14.2 Å². The maximum absolute atomic E-state index is 13.6. The van der Waals surface area contributed by atoms with Crippen LogP contribution in [-0.4, -0.2) is 39.3 Å². The first-order valence-corrected chi connectivity index (χ1v) is 9.28. The zero-order valence-corrected chi connectivity index (χ0v) is 15.6. The molecule has 3 aromatic rings. The van der Waals surface area contributed by atoms with E-state index in [0.717, 1.165) is 5.56 Å². The van der Waals surface area contributed by atoms with Crippen LogP contribution < -0.4 is 10.6 Å². The number of fused-ring (bicyclic) bond motifs is 1. The van der Waals surface area contributed by atoms with Gasteiger partial charge in [-0.3, -0.25) is 14.9 Å². The van der Waals surface area contributed by atoms with Gasteiger partial charge < -0.3 is 15.2 Å². The molecule has 5 rings (SSSR count). The molecule has 8 nitrogen and oxygen atoms in total. The topological polar surface area (TPSA) is 107 Å². The number of aromatic amines is 1. The molecular weight excluding hydrogens is 389 g/mol. The molecule has 0 unspecified atom stereocenters. The lowest BCUT2D eigenvalue weighted by atomic mass is 9.88. The number of imidazole rings is 1. The van der Waals surface area contributed by atoms with Crippen LogP contribution >= 0.6 is 0 Å². The van der Waals surface area contributed by atoms with E-state index in [0.29, 0.717) is 17.0 Å². The number of carbonyl (C=O) groups is 3. The van der Waals surface area contributed by atoms with Crippen molar-refractivity contribution in [2.24, 2.45) is 0 Å². The van der Waals surface area contributed by atoms with E-state index in [4.69, 9.17) is 0 Å². The van der Waals surface area contributed by atoms with E-state index in [-0.39, 0.29) is 24.6 Å². The predicted octanol–water partition coefficient (Wildman–Crippen LogP) is 1.91. The second-order valence-electron chi connectivity index (χ2n) is 7.29. The summed E-state index contributed by atoms with van der Waals surface area (Å²) in [4.78, 5) is 46.3. The summed E-state index contributed by atoms with van der Waals surface area (Å²) < 4.78 is 13.6. The Hall–Kier alpha value is -4.01. The van der Waals surface area contributed by atoms with Gasteiger partial charge in [0, 0.05) is 30.1 Å². The minimum absolute atomic E-state index is 0.0835. The second-order valence-corrected chi connectivity index (χ2v) is 7.29. The molecule has 9 heteroatoms. The third kappa shape index (κ3) is 2.74. The molecule has 0 bridgehead atoms. The Balaban J connectivity index is 1.50. The van der Waals surface area contributed by atoms with E-state index in [1.165, 1.54) is 17.0 Å². The number of nitrogens with one attached hydrogen (secondary N) is 3. The van der Waals surface area contributed by atoms with Crippen molar-refractivity contribution in [1.82, 2.24) is 25.5 Å². The lowest BCUT2D eigenvalue weighted by Gasteiger charge is -2.31. The lowest BCUT2D eigenvalue weighted by Crippen LogP contribution is -2.52. The lowest BCUT2D eigenvalue weighted by molar-refractivity contribution is -0.124. The molecule has 4 amide bonds. The summed E-state index contributed by atoms with van der Waals surface area (Å²) in [5, 5.41) is 4.94. The average molecular weight is 405 g/mol. The molecule has 0 radical (unpaired) electrons. The fourth-order valence-electron chi connectivity index (χ4n) is 3.98. The molecule has 30 heavy (non-hydrogen) atoms. The molecule has 2 aliphatic heterocycles. The largest absolute Gasteiger partial charge is 0.345 e. The first-order valence-electron chi connectivity index (χ1n) is 9.28. The van der Waals surface area contributed by atoms with Crippen molar-refractivity contribution in [3.05, 3.63) is 77.4 Å². The van der Waals surface area contributed by atoms with Crippen molar-refractivity contribution in [1.29, 1.82) is 0 Å². The predicted molar refractivity (Wildman–Crippen MR) is 104 cm³/mol. The number of urea groups is 1. The number of carbonyl (C=O) groups excluding carboxylic acids is 3. The summed E-state index contributed by atoms with van der Waals surface area (Å²) in [7, 11) is 0. The molecule has 0 spiro atoms. The fraction of sp³-hybridized carbons (Fsp3) is 0.143. The molecule has 1 fully saturated rings. The number of hydrogen-bond acceptors (Lipinski definition) is 4. The molecule has 3 N–H and O–H groups in total. The molecule has 1 aromatic heterocycles. The normalized spacial score (nSPS) is 20.3. The average Bonchev–Trinajstić information content (AvgIpc) is 3.43. The second kappa shape index (κ2) is 6.51. The van der Waals surface area contributed by atoms with Crippen LogP contribution in [0.5, 0.6) is 0 Å². The van der Waals surface area contributed by atoms with Crippen molar-refractivity contribution in [2.75, 3.05) is 6.54 Å². The molecule has 0 saturated carbocycles. The Morgan fingerprint density at radius 2 is 1.90 bits per heavy atom. The zero-order chi connectivity index (χ0) is 20.9. The van der Waals surface area contributed by atoms with E-state index in [9.17, 15) is 18.8 Å². The molecule has 150 valence electrons. The van der Waals surface area contributed by atoms with Gasteiger partial charge >= 0.3 is 6.03 Å². The number of rotatable bonds is 4. The number of halogens is 1. The van der Waals surface area contributed by atoms with Crippen molar-refractivity contribution in [3.8, 4) is 11.4 Å². The summed E-state index contributed by atoms with van der Waals surface area (Å²) in [6, 6.07) is 10.4. The zero-order valence-electron chi connectivity index (χ0n) is 15.6. The minimum atomic E-state index is -1.45. The SMILES string of the molecule is O=C1NC(=O)[C@](CN2Cc3ccc(F)cc3C2=O)(c2ccc(-c3ncc[nH]3)cc2)N1. The first kappa shape index (κ1) is 18.0. The molecule has 2 aromatic carbocycles. The minimum Gasteiger partial charge on any atom is -0.345 e. The quantitative estimate of drug-likeness (QED) is 0.577. The summed E-state index contributed by atoms with van der Waals surface area (Å²) in [5.41, 5.74) is 0.826. The van der Waals surface area contributed by atoms with Crippen molar-refractivity contribution in [2.45, 2.75) is 12.1 Å². The first-order chi connectivity index (χ1) is 14.5. The highest BCUT2D eigenvalue weighted by molar-refractivity contribution is 6.08. The highest BCUT2D eigenvalue weighted by atomic mass is 19.1. The summed E-state index contributed by atoms with van der Waals surface area (Å²) in [5.74, 6) is -0.764. The van der Waals surface area contributed by atoms with Crippen LogP contribution in [0.15, 0.2) is 54.9 Å². The highest BCUT2D eigenvalue weighted by Crippen LogP contribution is 2.32. The van der Waals surface area contributed by atoms with Crippen molar-refractivity contribution < 1.29 is 18.8 Å². The van der Waals surface area contributed by atoms with E-state index in [1.54, 1.807) is 42.7 Å². The van der Waals surface area contributed by atoms with E-state index in [1.807, 2.05) is 0 Å². The van der Waals surface area contributed by atoms with Crippen LogP contribution in [0.4, 0.5) is 9.18 Å². The Morgan fingerprint density at radius 1 is 1.10 bits per heavy atom. The molecule has 2 aliphatic rings. The number of amides is 4. The standard InChI is InChI=1S/C21H16FN5O3/c22-15-6-3-13-10-27(18(28)16(13)9-15)11-21(19(29)25-20(30)26-21)14-4-1-12(2-5-14)17-23-7-8-24-17/h1-9H,10-11H2,(H,23,24)(H2,25,26,29,30)/t21-/m0/s1. The molecule has 3 heterocycles. The summed E-state index contributed by atoms with van der Waals surface area (Å²) in [6.07, 6.45) is 3.34. The Morgan fingerprint density at radius 3 is 2.57 bits per heavy atom. The van der Waals surface area contributed by atoms with Crippen LogP contribution in [0.3, 0.4) is 0 Å². The fourth-order valence-corrected chi connectivity index (χ4v) is 3.98. The van der Waals surface area contributed by atoms with Gasteiger partial charge in [-0.2, -0.15) is 0 Å².